The van der Waals surface area contributed by atoms with Crippen LogP contribution in [0.1, 0.15) is 43.6 Å². The molecule has 2 heterocycles. The Bertz CT molecular complexity index is 1650. The molecule has 0 atom stereocenters. The molecule has 0 saturated carbocycles. The highest BCUT2D eigenvalue weighted by Crippen LogP contribution is 2.34. The lowest BCUT2D eigenvalue weighted by molar-refractivity contribution is 0.335. The number of furan rings is 1. The highest BCUT2D eigenvalue weighted by molar-refractivity contribution is 5.82. The Morgan fingerprint density at radius 1 is 1.03 bits per heavy atom. The van der Waals surface area contributed by atoms with E-state index in [9.17, 15) is 4.79 Å². The van der Waals surface area contributed by atoms with Crippen LogP contribution in [-0.2, 0) is 0 Å². The highest BCUT2D eigenvalue weighted by atomic mass is 16.5. The summed E-state index contributed by atoms with van der Waals surface area (Å²) in [6.07, 6.45) is 1.56. The van der Waals surface area contributed by atoms with Gasteiger partial charge < -0.3 is 9.15 Å². The summed E-state index contributed by atoms with van der Waals surface area (Å²) >= 11 is 0. The minimum atomic E-state index is -0.244. The summed E-state index contributed by atoms with van der Waals surface area (Å²) in [5, 5.41) is 5.08. The van der Waals surface area contributed by atoms with Crippen molar-refractivity contribution in [2.24, 2.45) is 5.10 Å². The highest BCUT2D eigenvalue weighted by Gasteiger charge is 2.18. The average Bonchev–Trinajstić information content (AvgIpc) is 3.38. The van der Waals surface area contributed by atoms with Gasteiger partial charge in [-0.05, 0) is 67.3 Å². The molecule has 0 radical (unpaired) electrons. The van der Waals surface area contributed by atoms with Crippen LogP contribution in [0.15, 0.2) is 93.2 Å². The summed E-state index contributed by atoms with van der Waals surface area (Å²) in [5.41, 5.74) is 4.18. The van der Waals surface area contributed by atoms with Crippen molar-refractivity contribution < 1.29 is 9.15 Å². The van der Waals surface area contributed by atoms with Gasteiger partial charge in [0.15, 0.2) is 5.82 Å². The van der Waals surface area contributed by atoms with Crippen molar-refractivity contribution in [1.29, 1.82) is 0 Å². The van der Waals surface area contributed by atoms with Crippen LogP contribution in [0.4, 0.5) is 0 Å². The van der Waals surface area contributed by atoms with E-state index in [1.807, 2.05) is 80.6 Å². The molecular formula is C31H29N3O3. The van der Waals surface area contributed by atoms with Crippen molar-refractivity contribution in [3.63, 3.8) is 0 Å². The number of para-hydroxylation sites is 1. The largest absolute Gasteiger partial charge is 0.494 e. The third kappa shape index (κ3) is 4.83. The first-order valence-corrected chi connectivity index (χ1v) is 12.5. The molecule has 0 aliphatic rings. The fourth-order valence-electron chi connectivity index (χ4n) is 4.37. The van der Waals surface area contributed by atoms with Crippen LogP contribution < -0.4 is 10.3 Å². The van der Waals surface area contributed by atoms with E-state index < -0.39 is 0 Å². The minimum absolute atomic E-state index is 0.226. The summed E-state index contributed by atoms with van der Waals surface area (Å²) in [7, 11) is 0. The quantitative estimate of drug-likeness (QED) is 0.229. The van der Waals surface area contributed by atoms with E-state index in [2.05, 4.69) is 25.0 Å². The monoisotopic (exact) mass is 491 g/mol. The van der Waals surface area contributed by atoms with E-state index >= 15 is 0 Å². The van der Waals surface area contributed by atoms with Gasteiger partial charge in [-0.2, -0.15) is 9.78 Å². The van der Waals surface area contributed by atoms with Crippen LogP contribution in [-0.4, -0.2) is 22.5 Å². The lowest BCUT2D eigenvalue weighted by Crippen LogP contribution is -2.20. The standard InChI is InChI=1S/C31H29N3O3/c1-5-36-29-17-21(4)26(18-25(29)20(2)3)30-33-27-14-10-9-13-24(27)31(35)34(30)32-19-23-15-16-28(37-23)22-11-7-6-8-12-22/h6-20H,5H2,1-4H3. The number of fused-ring (bicyclic) bond motifs is 1. The molecule has 3 aromatic carbocycles. The zero-order valence-corrected chi connectivity index (χ0v) is 21.4. The summed E-state index contributed by atoms with van der Waals surface area (Å²) in [5.74, 6) is 2.81. The molecule has 6 heteroatoms. The van der Waals surface area contributed by atoms with Crippen LogP contribution in [0, 0.1) is 6.92 Å². The molecule has 0 unspecified atom stereocenters. The number of hydrogen-bond donors (Lipinski definition) is 0. The minimum Gasteiger partial charge on any atom is -0.494 e. The molecule has 6 nitrogen and oxygen atoms in total. The van der Waals surface area contributed by atoms with Gasteiger partial charge in [0.05, 0.1) is 23.7 Å². The molecule has 0 fully saturated rings. The van der Waals surface area contributed by atoms with E-state index in [4.69, 9.17) is 14.1 Å². The maximum atomic E-state index is 13.6. The molecular weight excluding hydrogens is 462 g/mol. The number of rotatable bonds is 7. The molecule has 5 rings (SSSR count). The fourth-order valence-corrected chi connectivity index (χ4v) is 4.37. The van der Waals surface area contributed by atoms with E-state index in [1.165, 1.54) is 4.68 Å². The van der Waals surface area contributed by atoms with Gasteiger partial charge in [-0.15, -0.1) is 0 Å². The SMILES string of the molecule is CCOc1cc(C)c(-c2nc3ccccc3c(=O)n2N=Cc2ccc(-c3ccccc3)o2)cc1C(C)C. The van der Waals surface area contributed by atoms with Crippen molar-refractivity contribution >= 4 is 17.1 Å². The number of benzene rings is 3. The Morgan fingerprint density at radius 3 is 2.54 bits per heavy atom. The van der Waals surface area contributed by atoms with E-state index in [0.29, 0.717) is 29.1 Å². The molecule has 37 heavy (non-hydrogen) atoms. The smallest absolute Gasteiger partial charge is 0.282 e. The van der Waals surface area contributed by atoms with Crippen molar-refractivity contribution in [2.45, 2.75) is 33.6 Å². The van der Waals surface area contributed by atoms with Gasteiger partial charge in [0.2, 0.25) is 0 Å². The number of aromatic nitrogens is 2. The molecule has 5 aromatic rings. The van der Waals surface area contributed by atoms with Gasteiger partial charge in [0.25, 0.3) is 5.56 Å². The average molecular weight is 492 g/mol. The molecule has 0 aliphatic carbocycles. The van der Waals surface area contributed by atoms with Gasteiger partial charge >= 0.3 is 0 Å². The zero-order valence-electron chi connectivity index (χ0n) is 21.4. The molecule has 0 spiro atoms. The summed E-state index contributed by atoms with van der Waals surface area (Å²) in [4.78, 5) is 18.5. The second kappa shape index (κ2) is 10.3. The Kier molecular flexibility index (Phi) is 6.73. The summed E-state index contributed by atoms with van der Waals surface area (Å²) < 4.78 is 13.2. The second-order valence-corrected chi connectivity index (χ2v) is 9.17. The lowest BCUT2D eigenvalue weighted by Gasteiger charge is -2.18. The van der Waals surface area contributed by atoms with Crippen molar-refractivity contribution in [1.82, 2.24) is 9.66 Å². The molecule has 0 N–H and O–H groups in total. The van der Waals surface area contributed by atoms with Crippen LogP contribution >= 0.6 is 0 Å². The van der Waals surface area contributed by atoms with E-state index in [-0.39, 0.29) is 11.5 Å². The van der Waals surface area contributed by atoms with Gasteiger partial charge in [-0.25, -0.2) is 4.98 Å². The maximum Gasteiger partial charge on any atom is 0.282 e. The molecule has 0 saturated heterocycles. The van der Waals surface area contributed by atoms with E-state index in [0.717, 1.165) is 33.8 Å². The molecule has 0 amide bonds. The van der Waals surface area contributed by atoms with Crippen LogP contribution in [0.25, 0.3) is 33.6 Å². The van der Waals surface area contributed by atoms with E-state index in [1.54, 1.807) is 12.3 Å². The molecule has 0 bridgehead atoms. The van der Waals surface area contributed by atoms with Crippen molar-refractivity contribution in [2.75, 3.05) is 6.61 Å². The number of nitrogens with zero attached hydrogens (tertiary/aromatic N) is 3. The Hall–Kier alpha value is -4.45. The molecule has 0 aliphatic heterocycles. The fraction of sp³-hybridized carbons (Fsp3) is 0.194. The van der Waals surface area contributed by atoms with Crippen LogP contribution in [0.3, 0.4) is 0 Å². The number of aryl methyl sites for hydroxylation is 1. The third-order valence-corrected chi connectivity index (χ3v) is 6.26. The summed E-state index contributed by atoms with van der Waals surface area (Å²) in [6.45, 7) is 8.79. The summed E-state index contributed by atoms with van der Waals surface area (Å²) in [6, 6.07) is 25.0. The number of ether oxygens (including phenoxy) is 1. The Balaban J connectivity index is 1.66. The van der Waals surface area contributed by atoms with Gasteiger partial charge in [0.1, 0.15) is 17.3 Å². The second-order valence-electron chi connectivity index (χ2n) is 9.17. The zero-order chi connectivity index (χ0) is 25.9. The normalized spacial score (nSPS) is 11.6. The van der Waals surface area contributed by atoms with Crippen LogP contribution in [0.2, 0.25) is 0 Å². The van der Waals surface area contributed by atoms with Crippen LogP contribution in [0.5, 0.6) is 5.75 Å². The molecule has 186 valence electrons. The lowest BCUT2D eigenvalue weighted by atomic mass is 9.96. The predicted octanol–water partition coefficient (Wildman–Crippen LogP) is 7.04. The first-order chi connectivity index (χ1) is 18.0. The first-order valence-electron chi connectivity index (χ1n) is 12.5. The van der Waals surface area contributed by atoms with Gasteiger partial charge in [-0.3, -0.25) is 4.79 Å². The first kappa shape index (κ1) is 24.3. The predicted molar refractivity (Wildman–Crippen MR) is 149 cm³/mol. The van der Waals surface area contributed by atoms with Crippen molar-refractivity contribution in [3.8, 4) is 28.5 Å². The third-order valence-electron chi connectivity index (χ3n) is 6.26. The number of hydrogen-bond acceptors (Lipinski definition) is 5. The van der Waals surface area contributed by atoms with Gasteiger partial charge in [0, 0.05) is 11.1 Å². The Labute approximate surface area is 215 Å². The van der Waals surface area contributed by atoms with Crippen molar-refractivity contribution in [3.05, 3.63) is 106 Å². The Morgan fingerprint density at radius 2 is 1.78 bits per heavy atom. The molecule has 2 aromatic heterocycles. The maximum absolute atomic E-state index is 13.6. The van der Waals surface area contributed by atoms with Gasteiger partial charge in [-0.1, -0.05) is 56.3 Å². The topological polar surface area (TPSA) is 69.6 Å².